The van der Waals surface area contributed by atoms with Gasteiger partial charge in [-0.1, -0.05) is 55.9 Å². The number of aryl methyl sites for hydroxylation is 2. The van der Waals surface area contributed by atoms with Crippen LogP contribution in [0.2, 0.25) is 0 Å². The zero-order valence-corrected chi connectivity index (χ0v) is 19.8. The zero-order valence-electron chi connectivity index (χ0n) is 19.0. The summed E-state index contributed by atoms with van der Waals surface area (Å²) in [5, 5.41) is 1.02. The summed E-state index contributed by atoms with van der Waals surface area (Å²) in [6.45, 7) is 4.58. The van der Waals surface area contributed by atoms with Crippen LogP contribution in [0, 0.1) is 0 Å². The second-order valence-corrected chi connectivity index (χ2v) is 8.81. The molecule has 4 aromatic rings. The molecule has 0 saturated heterocycles. The molecule has 0 spiro atoms. The van der Waals surface area contributed by atoms with Gasteiger partial charge in [-0.25, -0.2) is 4.79 Å². The highest BCUT2D eigenvalue weighted by atomic mass is 32.2. The normalized spacial score (nSPS) is 11.0. The molecule has 0 fully saturated rings. The van der Waals surface area contributed by atoms with Crippen LogP contribution < -0.4 is 5.56 Å². The fourth-order valence-corrected chi connectivity index (χ4v) is 4.88. The van der Waals surface area contributed by atoms with Crippen molar-refractivity contribution in [2.24, 2.45) is 0 Å². The van der Waals surface area contributed by atoms with E-state index in [2.05, 4.69) is 13.8 Å². The van der Waals surface area contributed by atoms with Crippen LogP contribution >= 0.6 is 11.8 Å². The van der Waals surface area contributed by atoms with Gasteiger partial charge in [0.15, 0.2) is 0 Å². The molecule has 2 aromatic heterocycles. The van der Waals surface area contributed by atoms with Gasteiger partial charge < -0.3 is 9.30 Å². The second kappa shape index (κ2) is 10.0. The number of hydrogen-bond donors (Lipinski definition) is 0. The molecule has 0 saturated carbocycles. The Morgan fingerprint density at radius 1 is 1.00 bits per heavy atom. The Kier molecular flexibility index (Phi) is 6.94. The number of nitrogens with zero attached hydrogens (tertiary/aromatic N) is 2. The van der Waals surface area contributed by atoms with Crippen LogP contribution in [-0.4, -0.2) is 22.6 Å². The molecule has 0 aliphatic rings. The number of benzene rings is 2. The molecular weight excluding hydrogens is 432 g/mol. The Hall–Kier alpha value is -3.38. The third-order valence-corrected chi connectivity index (χ3v) is 6.62. The van der Waals surface area contributed by atoms with Crippen LogP contribution in [0.3, 0.4) is 0 Å². The van der Waals surface area contributed by atoms with E-state index in [1.807, 2.05) is 48.5 Å². The van der Waals surface area contributed by atoms with Gasteiger partial charge >= 0.3 is 5.97 Å². The molecule has 0 amide bonds. The van der Waals surface area contributed by atoms with Gasteiger partial charge in [-0.15, -0.1) is 0 Å². The first-order valence-corrected chi connectivity index (χ1v) is 11.8. The maximum absolute atomic E-state index is 13.3. The topological polar surface area (TPSA) is 61.2 Å². The number of ether oxygens (including phenoxy) is 1. The third-order valence-electron chi connectivity index (χ3n) is 5.57. The molecule has 0 atom stereocenters. The lowest BCUT2D eigenvalue weighted by Gasteiger charge is -2.17. The first-order valence-electron chi connectivity index (χ1n) is 11.0. The highest BCUT2D eigenvalue weighted by Gasteiger charge is 2.16. The Morgan fingerprint density at radius 2 is 1.73 bits per heavy atom. The number of methoxy groups -OCH3 is 1. The number of fused-ring (bicyclic) bond motifs is 1. The predicted molar refractivity (Wildman–Crippen MR) is 132 cm³/mol. The first kappa shape index (κ1) is 22.8. The maximum Gasteiger partial charge on any atom is 0.337 e. The van der Waals surface area contributed by atoms with Crippen LogP contribution in [0.4, 0.5) is 0 Å². The summed E-state index contributed by atoms with van der Waals surface area (Å²) < 4.78 is 6.58. The number of carbonyl (C=O) groups excluding carboxylic acids is 1. The Morgan fingerprint density at radius 3 is 2.36 bits per heavy atom. The largest absolute Gasteiger partial charge is 0.465 e. The summed E-state index contributed by atoms with van der Waals surface area (Å²) in [7, 11) is 1.36. The molecule has 2 aromatic carbocycles. The van der Waals surface area contributed by atoms with Crippen molar-refractivity contribution in [3.8, 4) is 0 Å². The molecule has 168 valence electrons. The fourth-order valence-electron chi connectivity index (χ4n) is 3.84. The number of rotatable bonds is 7. The standard InChI is InChI=1S/C27H26N2O3S/c1-4-20-15-23-26(22(5-2)28-20)24(33-21-9-7-6-8-10-21)16-25(30)29(23)17-18-11-13-19(14-12-18)27(31)32-3/h6-16H,4-5,17H2,1-3H3. The van der Waals surface area contributed by atoms with E-state index in [1.165, 1.54) is 7.11 Å². The van der Waals surface area contributed by atoms with Crippen molar-refractivity contribution in [2.45, 2.75) is 43.0 Å². The number of carbonyl (C=O) groups is 1. The van der Waals surface area contributed by atoms with Crippen molar-refractivity contribution in [3.63, 3.8) is 0 Å². The van der Waals surface area contributed by atoms with E-state index in [4.69, 9.17) is 9.72 Å². The van der Waals surface area contributed by atoms with Gasteiger partial charge in [0.05, 0.1) is 30.4 Å². The van der Waals surface area contributed by atoms with Crippen LogP contribution in [-0.2, 0) is 24.1 Å². The van der Waals surface area contributed by atoms with E-state index < -0.39 is 0 Å². The Balaban J connectivity index is 1.86. The van der Waals surface area contributed by atoms with Crippen molar-refractivity contribution < 1.29 is 9.53 Å². The SMILES string of the molecule is CCc1cc2c(c(Sc3ccccc3)cc(=O)n2Cc2ccc(C(=O)OC)cc2)c(CC)n1. The van der Waals surface area contributed by atoms with Crippen LogP contribution in [0.1, 0.15) is 41.2 Å². The lowest BCUT2D eigenvalue weighted by molar-refractivity contribution is 0.0600. The molecular formula is C27H26N2O3S. The molecule has 0 aliphatic heterocycles. The molecule has 0 aliphatic carbocycles. The minimum atomic E-state index is -0.377. The summed E-state index contributed by atoms with van der Waals surface area (Å²) in [6.07, 6.45) is 1.57. The average molecular weight is 459 g/mol. The van der Waals surface area contributed by atoms with Gasteiger partial charge in [-0.05, 0) is 48.7 Å². The monoisotopic (exact) mass is 458 g/mol. The molecule has 0 N–H and O–H groups in total. The number of hydrogen-bond acceptors (Lipinski definition) is 5. The number of aromatic nitrogens is 2. The van der Waals surface area contributed by atoms with Crippen LogP contribution in [0.25, 0.3) is 10.9 Å². The van der Waals surface area contributed by atoms with Crippen molar-refractivity contribution >= 4 is 28.6 Å². The smallest absolute Gasteiger partial charge is 0.337 e. The van der Waals surface area contributed by atoms with E-state index in [0.29, 0.717) is 12.1 Å². The van der Waals surface area contributed by atoms with Gasteiger partial charge in [-0.2, -0.15) is 0 Å². The minimum Gasteiger partial charge on any atom is -0.465 e. The Bertz CT molecular complexity index is 1350. The van der Waals surface area contributed by atoms with Gasteiger partial charge in [0.25, 0.3) is 5.56 Å². The summed E-state index contributed by atoms with van der Waals surface area (Å²) in [5.41, 5.74) is 4.21. The summed E-state index contributed by atoms with van der Waals surface area (Å²) >= 11 is 1.59. The van der Waals surface area contributed by atoms with E-state index in [1.54, 1.807) is 34.5 Å². The highest BCUT2D eigenvalue weighted by Crippen LogP contribution is 2.34. The first-order chi connectivity index (χ1) is 16.0. The zero-order chi connectivity index (χ0) is 23.4. The average Bonchev–Trinajstić information content (AvgIpc) is 2.86. The molecule has 2 heterocycles. The van der Waals surface area contributed by atoms with Gasteiger partial charge in [0.1, 0.15) is 0 Å². The molecule has 33 heavy (non-hydrogen) atoms. The fraction of sp³-hybridized carbons (Fsp3) is 0.222. The quantitative estimate of drug-likeness (QED) is 0.342. The van der Waals surface area contributed by atoms with E-state index >= 15 is 0 Å². The molecule has 0 radical (unpaired) electrons. The van der Waals surface area contributed by atoms with Gasteiger partial charge in [-0.3, -0.25) is 9.78 Å². The van der Waals surface area contributed by atoms with Gasteiger partial charge in [0.2, 0.25) is 0 Å². The molecule has 4 rings (SSSR count). The third kappa shape index (κ3) is 4.86. The molecule has 0 bridgehead atoms. The second-order valence-electron chi connectivity index (χ2n) is 7.70. The van der Waals surface area contributed by atoms with Crippen LogP contribution in [0.15, 0.2) is 81.3 Å². The van der Waals surface area contributed by atoms with Crippen molar-refractivity contribution in [1.82, 2.24) is 9.55 Å². The van der Waals surface area contributed by atoms with E-state index in [9.17, 15) is 9.59 Å². The molecule has 5 nitrogen and oxygen atoms in total. The number of pyridine rings is 2. The lowest BCUT2D eigenvalue weighted by atomic mass is 10.1. The van der Waals surface area contributed by atoms with E-state index in [-0.39, 0.29) is 11.5 Å². The van der Waals surface area contributed by atoms with E-state index in [0.717, 1.165) is 50.5 Å². The Labute approximate surface area is 197 Å². The molecule has 6 heteroatoms. The lowest BCUT2D eigenvalue weighted by Crippen LogP contribution is -2.22. The predicted octanol–water partition coefficient (Wildman–Crippen LogP) is 5.51. The van der Waals surface area contributed by atoms with Crippen molar-refractivity contribution in [2.75, 3.05) is 7.11 Å². The van der Waals surface area contributed by atoms with Crippen molar-refractivity contribution in [3.05, 3.63) is 99.6 Å². The van der Waals surface area contributed by atoms with Crippen LogP contribution in [0.5, 0.6) is 0 Å². The van der Waals surface area contributed by atoms with Gasteiger partial charge in [0, 0.05) is 26.9 Å². The number of esters is 1. The maximum atomic E-state index is 13.3. The molecule has 0 unspecified atom stereocenters. The minimum absolute atomic E-state index is 0.0618. The summed E-state index contributed by atoms with van der Waals surface area (Å²) in [4.78, 5) is 32.0. The van der Waals surface area contributed by atoms with Crippen molar-refractivity contribution in [1.29, 1.82) is 0 Å². The highest BCUT2D eigenvalue weighted by molar-refractivity contribution is 7.99. The summed E-state index contributed by atoms with van der Waals surface area (Å²) in [5.74, 6) is -0.377. The summed E-state index contributed by atoms with van der Waals surface area (Å²) in [6, 6.07) is 21.0.